The molecule has 1 heterocycles. The first-order chi connectivity index (χ1) is 10.5. The number of nitrogens with zero attached hydrogens (tertiary/aromatic N) is 1. The molecule has 0 aliphatic carbocycles. The maximum absolute atomic E-state index is 12.2. The minimum Gasteiger partial charge on any atom is -0.378 e. The van der Waals surface area contributed by atoms with Crippen molar-refractivity contribution in [2.45, 2.75) is 0 Å². The highest BCUT2D eigenvalue weighted by Gasteiger charge is 2.17. The molecule has 0 bridgehead atoms. The summed E-state index contributed by atoms with van der Waals surface area (Å²) in [5.74, 6) is 5.36. The van der Waals surface area contributed by atoms with Gasteiger partial charge in [-0.1, -0.05) is 11.8 Å². The molecule has 2 rings (SSSR count). The molecule has 1 saturated heterocycles. The lowest BCUT2D eigenvalue weighted by Gasteiger charge is -2.26. The molecule has 1 aliphatic rings. The molecule has 1 aromatic carbocycles. The van der Waals surface area contributed by atoms with Gasteiger partial charge in [0.2, 0.25) is 0 Å². The van der Waals surface area contributed by atoms with E-state index in [1.54, 1.807) is 29.2 Å². The average Bonchev–Trinajstić information content (AvgIpc) is 2.51. The Labute approximate surface area is 130 Å². The predicted molar refractivity (Wildman–Crippen MR) is 80.8 cm³/mol. The lowest BCUT2D eigenvalue weighted by molar-refractivity contribution is 0.0303. The van der Waals surface area contributed by atoms with Gasteiger partial charge in [0.1, 0.15) is 6.61 Å². The van der Waals surface area contributed by atoms with Crippen LogP contribution in [0.1, 0.15) is 15.9 Å². The maximum Gasteiger partial charge on any atom is 0.265 e. The van der Waals surface area contributed by atoms with Crippen molar-refractivity contribution in [3.8, 4) is 11.8 Å². The van der Waals surface area contributed by atoms with Crippen LogP contribution >= 0.6 is 0 Å². The highest BCUT2D eigenvalue weighted by atomic mass is 32.2. The van der Waals surface area contributed by atoms with Gasteiger partial charge in [0.25, 0.3) is 16.0 Å². The van der Waals surface area contributed by atoms with Crippen LogP contribution in [-0.2, 0) is 19.0 Å². The average molecular weight is 323 g/mol. The first-order valence-corrected chi connectivity index (χ1v) is 8.58. The molecule has 0 spiro atoms. The summed E-state index contributed by atoms with van der Waals surface area (Å²) in [6.45, 7) is 2.14. The summed E-state index contributed by atoms with van der Waals surface area (Å²) >= 11 is 0. The fourth-order valence-corrected chi connectivity index (χ4v) is 2.19. The van der Waals surface area contributed by atoms with E-state index in [0.717, 1.165) is 6.26 Å². The molecule has 0 atom stereocenters. The van der Waals surface area contributed by atoms with Crippen molar-refractivity contribution in [2.24, 2.45) is 0 Å². The number of carbonyl (C=O) groups is 1. The van der Waals surface area contributed by atoms with Crippen molar-refractivity contribution in [1.82, 2.24) is 4.90 Å². The summed E-state index contributed by atoms with van der Waals surface area (Å²) in [4.78, 5) is 14.0. The Bertz CT molecular complexity index is 679. The molecule has 0 N–H and O–H groups in total. The number of hydrogen-bond acceptors (Lipinski definition) is 5. The summed E-state index contributed by atoms with van der Waals surface area (Å²) in [5.41, 5.74) is 1.29. The molecule has 22 heavy (non-hydrogen) atoms. The van der Waals surface area contributed by atoms with Crippen molar-refractivity contribution >= 4 is 16.0 Å². The van der Waals surface area contributed by atoms with Crippen molar-refractivity contribution in [3.05, 3.63) is 35.4 Å². The van der Waals surface area contributed by atoms with Gasteiger partial charge >= 0.3 is 0 Å². The second kappa shape index (κ2) is 7.40. The molecule has 1 aromatic rings. The molecular weight excluding hydrogens is 306 g/mol. The van der Waals surface area contributed by atoms with Gasteiger partial charge in [0.15, 0.2) is 0 Å². The third-order valence-electron chi connectivity index (χ3n) is 3.01. The van der Waals surface area contributed by atoms with E-state index in [1.807, 2.05) is 0 Å². The highest BCUT2D eigenvalue weighted by molar-refractivity contribution is 7.86. The number of morpholine rings is 1. The van der Waals surface area contributed by atoms with Crippen LogP contribution in [0.2, 0.25) is 0 Å². The third kappa shape index (κ3) is 5.15. The van der Waals surface area contributed by atoms with Crippen LogP contribution in [0.3, 0.4) is 0 Å². The van der Waals surface area contributed by atoms with E-state index in [9.17, 15) is 13.2 Å². The molecule has 1 fully saturated rings. The normalized spacial score (nSPS) is 15.0. The lowest BCUT2D eigenvalue weighted by atomic mass is 10.1. The summed E-state index contributed by atoms with van der Waals surface area (Å²) in [6, 6.07) is 6.86. The zero-order valence-corrected chi connectivity index (χ0v) is 13.1. The largest absolute Gasteiger partial charge is 0.378 e. The zero-order valence-electron chi connectivity index (χ0n) is 12.2. The minimum absolute atomic E-state index is 0.0248. The monoisotopic (exact) mass is 323 g/mol. The van der Waals surface area contributed by atoms with E-state index in [2.05, 4.69) is 16.0 Å². The minimum atomic E-state index is -3.47. The number of ether oxygens (including phenoxy) is 1. The van der Waals surface area contributed by atoms with Crippen LogP contribution in [-0.4, -0.2) is 58.4 Å². The number of hydrogen-bond donors (Lipinski definition) is 0. The zero-order chi connectivity index (χ0) is 16.0. The molecule has 0 radical (unpaired) electrons. The van der Waals surface area contributed by atoms with E-state index in [1.165, 1.54) is 0 Å². The van der Waals surface area contributed by atoms with E-state index in [0.29, 0.717) is 37.4 Å². The number of amides is 1. The Morgan fingerprint density at radius 2 is 1.91 bits per heavy atom. The van der Waals surface area contributed by atoms with E-state index in [4.69, 9.17) is 4.74 Å². The third-order valence-corrected chi connectivity index (χ3v) is 3.55. The smallest absolute Gasteiger partial charge is 0.265 e. The fourth-order valence-electron chi connectivity index (χ4n) is 1.92. The Kier molecular flexibility index (Phi) is 5.55. The van der Waals surface area contributed by atoms with Gasteiger partial charge < -0.3 is 9.64 Å². The predicted octanol–water partition coefficient (Wildman–Crippen LogP) is 0.487. The quantitative estimate of drug-likeness (QED) is 0.598. The molecule has 0 aromatic heterocycles. The van der Waals surface area contributed by atoms with Crippen LogP contribution in [0, 0.1) is 11.8 Å². The van der Waals surface area contributed by atoms with Crippen LogP contribution < -0.4 is 0 Å². The first-order valence-electron chi connectivity index (χ1n) is 6.76. The molecule has 0 unspecified atom stereocenters. The molecule has 7 heteroatoms. The number of rotatable bonds is 3. The van der Waals surface area contributed by atoms with Gasteiger partial charge in [0.05, 0.1) is 19.5 Å². The van der Waals surface area contributed by atoms with Gasteiger partial charge in [-0.05, 0) is 24.3 Å². The second-order valence-corrected chi connectivity index (χ2v) is 6.39. The van der Waals surface area contributed by atoms with Gasteiger partial charge in [0, 0.05) is 24.2 Å². The Balaban J connectivity index is 1.95. The second-order valence-electron chi connectivity index (χ2n) is 4.75. The van der Waals surface area contributed by atoms with Crippen LogP contribution in [0.25, 0.3) is 0 Å². The summed E-state index contributed by atoms with van der Waals surface area (Å²) in [6.07, 6.45) is 0.973. The first kappa shape index (κ1) is 16.5. The van der Waals surface area contributed by atoms with Crippen LogP contribution in [0.5, 0.6) is 0 Å². The summed E-state index contributed by atoms with van der Waals surface area (Å²) < 4.78 is 31.3. The van der Waals surface area contributed by atoms with E-state index in [-0.39, 0.29) is 12.5 Å². The summed E-state index contributed by atoms with van der Waals surface area (Å²) in [7, 11) is -3.47. The van der Waals surface area contributed by atoms with E-state index < -0.39 is 10.1 Å². The number of benzene rings is 1. The lowest BCUT2D eigenvalue weighted by Crippen LogP contribution is -2.40. The van der Waals surface area contributed by atoms with Gasteiger partial charge in [-0.3, -0.25) is 8.98 Å². The highest BCUT2D eigenvalue weighted by Crippen LogP contribution is 2.09. The molecule has 0 saturated carbocycles. The fraction of sp³-hybridized carbons (Fsp3) is 0.400. The van der Waals surface area contributed by atoms with Crippen molar-refractivity contribution in [2.75, 3.05) is 39.2 Å². The van der Waals surface area contributed by atoms with Gasteiger partial charge in [-0.15, -0.1) is 0 Å². The molecule has 1 aliphatic heterocycles. The van der Waals surface area contributed by atoms with Crippen molar-refractivity contribution in [1.29, 1.82) is 0 Å². The van der Waals surface area contributed by atoms with E-state index >= 15 is 0 Å². The van der Waals surface area contributed by atoms with Crippen molar-refractivity contribution in [3.63, 3.8) is 0 Å². The van der Waals surface area contributed by atoms with Gasteiger partial charge in [-0.25, -0.2) is 0 Å². The SMILES string of the molecule is CS(=O)(=O)OCC#Cc1ccc(C(=O)N2CCOCC2)cc1. The molecular formula is C15H17NO5S. The Morgan fingerprint density at radius 1 is 1.27 bits per heavy atom. The molecule has 6 nitrogen and oxygen atoms in total. The van der Waals surface area contributed by atoms with Crippen molar-refractivity contribution < 1.29 is 22.1 Å². The van der Waals surface area contributed by atoms with Crippen LogP contribution in [0.15, 0.2) is 24.3 Å². The Morgan fingerprint density at radius 3 is 2.50 bits per heavy atom. The maximum atomic E-state index is 12.2. The van der Waals surface area contributed by atoms with Gasteiger partial charge in [-0.2, -0.15) is 8.42 Å². The number of carbonyl (C=O) groups excluding carboxylic acids is 1. The topological polar surface area (TPSA) is 72.9 Å². The Hall–Kier alpha value is -1.88. The van der Waals surface area contributed by atoms with Crippen LogP contribution in [0.4, 0.5) is 0 Å². The standard InChI is InChI=1S/C15H17NO5S/c1-22(18,19)21-10-2-3-13-4-6-14(7-5-13)15(17)16-8-11-20-12-9-16/h4-7H,8-12H2,1H3. The molecule has 1 amide bonds. The molecule has 118 valence electrons. The summed E-state index contributed by atoms with van der Waals surface area (Å²) in [5, 5.41) is 0.